The molecule has 3 atom stereocenters. The van der Waals surface area contributed by atoms with E-state index in [1.807, 2.05) is 58.9 Å². The van der Waals surface area contributed by atoms with Crippen molar-refractivity contribution in [1.82, 2.24) is 4.90 Å². The normalized spacial score (nSPS) is 18.7. The lowest BCUT2D eigenvalue weighted by molar-refractivity contribution is -0.145. The van der Waals surface area contributed by atoms with Gasteiger partial charge in [-0.1, -0.05) is 39.8 Å². The third-order valence-electron chi connectivity index (χ3n) is 5.04. The summed E-state index contributed by atoms with van der Waals surface area (Å²) in [6.45, 7) is 12.4. The first-order valence-corrected chi connectivity index (χ1v) is 11.1. The summed E-state index contributed by atoms with van der Waals surface area (Å²) in [5.41, 5.74) is 6.05. The van der Waals surface area contributed by atoms with E-state index in [0.29, 0.717) is 51.0 Å². The molecule has 2 rings (SSSR count). The van der Waals surface area contributed by atoms with E-state index in [-0.39, 0.29) is 24.0 Å². The summed E-state index contributed by atoms with van der Waals surface area (Å²) in [4.78, 5) is 14.4. The number of hydrogen-bond acceptors (Lipinski definition) is 7. The Balaban J connectivity index is 1.86. The number of rotatable bonds is 11. The zero-order chi connectivity index (χ0) is 22.8. The van der Waals surface area contributed by atoms with E-state index in [0.717, 1.165) is 0 Å². The van der Waals surface area contributed by atoms with Gasteiger partial charge in [0.05, 0.1) is 26.4 Å². The van der Waals surface area contributed by atoms with Gasteiger partial charge in [0.1, 0.15) is 12.7 Å². The number of carbonyl (C=O) groups excluding carboxylic acids is 1. The van der Waals surface area contributed by atoms with Crippen molar-refractivity contribution in [3.05, 3.63) is 24.3 Å². The lowest BCUT2D eigenvalue weighted by atomic mass is 10.1. The van der Waals surface area contributed by atoms with Gasteiger partial charge in [0, 0.05) is 18.5 Å². The lowest BCUT2D eigenvalue weighted by Crippen LogP contribution is -2.49. The molecule has 8 heteroatoms. The van der Waals surface area contributed by atoms with Crippen LogP contribution < -0.4 is 15.2 Å². The molecule has 1 amide bonds. The number of nitrogens with zero attached hydrogens (tertiary/aromatic N) is 1. The smallest absolute Gasteiger partial charge is 0.412 e. The fourth-order valence-corrected chi connectivity index (χ4v) is 2.95. The fourth-order valence-electron chi connectivity index (χ4n) is 2.95. The van der Waals surface area contributed by atoms with Gasteiger partial charge in [0.2, 0.25) is 6.29 Å². The van der Waals surface area contributed by atoms with E-state index in [2.05, 4.69) is 0 Å². The van der Waals surface area contributed by atoms with Crippen molar-refractivity contribution < 1.29 is 28.5 Å². The molecule has 1 unspecified atom stereocenters. The van der Waals surface area contributed by atoms with Crippen LogP contribution in [0, 0.1) is 11.8 Å². The summed E-state index contributed by atoms with van der Waals surface area (Å²) in [6.07, 6.45) is -1.32. The molecular weight excluding hydrogens is 400 g/mol. The van der Waals surface area contributed by atoms with Crippen LogP contribution in [0.4, 0.5) is 4.79 Å². The Kier molecular flexibility index (Phi) is 10.4. The summed E-state index contributed by atoms with van der Waals surface area (Å²) >= 11 is 0. The quantitative estimate of drug-likeness (QED) is 0.530. The SMILES string of the molecule is CCOc1ccccc1OC[C@@H]1CN(C(=O)OC(OC[C@H](N)C(C)C)C(C)C)CCO1. The monoisotopic (exact) mass is 438 g/mol. The van der Waals surface area contributed by atoms with Gasteiger partial charge in [-0.25, -0.2) is 4.79 Å². The highest BCUT2D eigenvalue weighted by Gasteiger charge is 2.29. The fraction of sp³-hybridized carbons (Fsp3) is 0.696. The molecule has 2 N–H and O–H groups in total. The molecular formula is C23H38N2O6. The van der Waals surface area contributed by atoms with E-state index in [4.69, 9.17) is 29.4 Å². The minimum Gasteiger partial charge on any atom is -0.490 e. The molecule has 1 aromatic rings. The maximum Gasteiger partial charge on any atom is 0.412 e. The van der Waals surface area contributed by atoms with E-state index in [9.17, 15) is 4.79 Å². The molecule has 1 saturated heterocycles. The maximum atomic E-state index is 12.7. The first-order valence-electron chi connectivity index (χ1n) is 11.1. The number of ether oxygens (including phenoxy) is 5. The van der Waals surface area contributed by atoms with Crippen LogP contribution in [0.25, 0.3) is 0 Å². The van der Waals surface area contributed by atoms with Crippen molar-refractivity contribution in [3.63, 3.8) is 0 Å². The third kappa shape index (κ3) is 8.20. The Morgan fingerprint density at radius 1 is 1.16 bits per heavy atom. The molecule has 1 heterocycles. The molecule has 1 aliphatic heterocycles. The Labute approximate surface area is 185 Å². The standard InChI is InChI=1S/C23H38N2O6/c1-6-27-20-9-7-8-10-21(20)29-14-18-13-25(11-12-28-18)23(26)31-22(17(4)5)30-15-19(24)16(2)3/h7-10,16-19,22H,6,11-15,24H2,1-5H3/t18-,19-,22?/m0/s1. The average molecular weight is 439 g/mol. The topological polar surface area (TPSA) is 92.5 Å². The van der Waals surface area contributed by atoms with Crippen LogP contribution in [0.5, 0.6) is 11.5 Å². The Morgan fingerprint density at radius 3 is 2.45 bits per heavy atom. The molecule has 0 bridgehead atoms. The highest BCUT2D eigenvalue weighted by atomic mass is 16.7. The molecule has 0 aromatic heterocycles. The second-order valence-electron chi connectivity index (χ2n) is 8.37. The third-order valence-corrected chi connectivity index (χ3v) is 5.04. The summed E-state index contributed by atoms with van der Waals surface area (Å²) in [5.74, 6) is 1.64. The lowest BCUT2D eigenvalue weighted by Gasteiger charge is -2.34. The average Bonchev–Trinajstić information content (AvgIpc) is 2.75. The molecule has 0 aliphatic carbocycles. The Morgan fingerprint density at radius 2 is 1.84 bits per heavy atom. The minimum atomic E-state index is -0.645. The van der Waals surface area contributed by atoms with Crippen LogP contribution >= 0.6 is 0 Å². The number of nitrogens with two attached hydrogens (primary N) is 1. The van der Waals surface area contributed by atoms with Crippen LogP contribution in [0.3, 0.4) is 0 Å². The number of para-hydroxylation sites is 2. The maximum absolute atomic E-state index is 12.7. The predicted octanol–water partition coefficient (Wildman–Crippen LogP) is 3.28. The number of carbonyl (C=O) groups is 1. The molecule has 0 radical (unpaired) electrons. The van der Waals surface area contributed by atoms with E-state index in [1.165, 1.54) is 0 Å². The number of hydrogen-bond donors (Lipinski definition) is 1. The van der Waals surface area contributed by atoms with Crippen LogP contribution in [-0.2, 0) is 14.2 Å². The van der Waals surface area contributed by atoms with Crippen molar-refractivity contribution >= 4 is 6.09 Å². The molecule has 1 fully saturated rings. The summed E-state index contributed by atoms with van der Waals surface area (Å²) in [6, 6.07) is 7.40. The summed E-state index contributed by atoms with van der Waals surface area (Å²) in [5, 5.41) is 0. The van der Waals surface area contributed by atoms with Gasteiger partial charge in [-0.2, -0.15) is 0 Å². The van der Waals surface area contributed by atoms with Crippen molar-refractivity contribution in [2.24, 2.45) is 17.6 Å². The first kappa shape index (κ1) is 25.2. The van der Waals surface area contributed by atoms with E-state index < -0.39 is 12.4 Å². The number of morpholine rings is 1. The first-order chi connectivity index (χ1) is 14.8. The highest BCUT2D eigenvalue weighted by Crippen LogP contribution is 2.26. The van der Waals surface area contributed by atoms with Crippen molar-refractivity contribution in [2.45, 2.75) is 53.1 Å². The Hall–Kier alpha value is -2.03. The van der Waals surface area contributed by atoms with Gasteiger partial charge in [0.15, 0.2) is 11.5 Å². The van der Waals surface area contributed by atoms with Crippen LogP contribution in [0.15, 0.2) is 24.3 Å². The van der Waals surface area contributed by atoms with Gasteiger partial charge >= 0.3 is 6.09 Å². The molecule has 1 aliphatic rings. The van der Waals surface area contributed by atoms with Crippen LogP contribution in [-0.4, -0.2) is 68.9 Å². The number of amides is 1. The van der Waals surface area contributed by atoms with Crippen LogP contribution in [0.2, 0.25) is 0 Å². The zero-order valence-electron chi connectivity index (χ0n) is 19.4. The van der Waals surface area contributed by atoms with Gasteiger partial charge in [-0.3, -0.25) is 0 Å². The van der Waals surface area contributed by atoms with E-state index >= 15 is 0 Å². The Bertz CT molecular complexity index is 669. The zero-order valence-corrected chi connectivity index (χ0v) is 19.4. The van der Waals surface area contributed by atoms with Gasteiger partial charge < -0.3 is 34.3 Å². The van der Waals surface area contributed by atoms with Crippen molar-refractivity contribution in [2.75, 3.05) is 39.5 Å². The van der Waals surface area contributed by atoms with Crippen molar-refractivity contribution in [1.29, 1.82) is 0 Å². The molecule has 1 aromatic carbocycles. The minimum absolute atomic E-state index is 0.0125. The van der Waals surface area contributed by atoms with Gasteiger partial charge in [0.25, 0.3) is 0 Å². The predicted molar refractivity (Wildman–Crippen MR) is 118 cm³/mol. The van der Waals surface area contributed by atoms with Crippen molar-refractivity contribution in [3.8, 4) is 11.5 Å². The second kappa shape index (κ2) is 12.7. The second-order valence-corrected chi connectivity index (χ2v) is 8.37. The van der Waals surface area contributed by atoms with Crippen LogP contribution in [0.1, 0.15) is 34.6 Å². The number of benzene rings is 1. The van der Waals surface area contributed by atoms with Gasteiger partial charge in [-0.05, 0) is 25.0 Å². The summed E-state index contributed by atoms with van der Waals surface area (Å²) < 4.78 is 28.7. The molecule has 0 spiro atoms. The van der Waals surface area contributed by atoms with Gasteiger partial charge in [-0.15, -0.1) is 0 Å². The molecule has 176 valence electrons. The largest absolute Gasteiger partial charge is 0.490 e. The summed E-state index contributed by atoms with van der Waals surface area (Å²) in [7, 11) is 0. The van der Waals surface area contributed by atoms with E-state index in [1.54, 1.807) is 4.90 Å². The molecule has 0 saturated carbocycles. The molecule has 31 heavy (non-hydrogen) atoms. The molecule has 8 nitrogen and oxygen atoms in total. The highest BCUT2D eigenvalue weighted by molar-refractivity contribution is 5.67.